The number of rotatable bonds is 32. The van der Waals surface area contributed by atoms with Crippen LogP contribution in [0, 0.1) is 5.92 Å². The van der Waals surface area contributed by atoms with Crippen LogP contribution >= 0.6 is 12.0 Å². The molecule has 0 aliphatic heterocycles. The molecule has 0 aromatic rings. The van der Waals surface area contributed by atoms with E-state index in [2.05, 4.69) is 20.8 Å². The number of carbonyl (C=O) groups is 1. The Hall–Kier alpha value is -0.220. The predicted molar refractivity (Wildman–Crippen MR) is 175 cm³/mol. The average molecular weight is 571 g/mol. The van der Waals surface area contributed by atoms with Crippen molar-refractivity contribution < 1.29 is 14.1 Å². The molecular formula is C35H70O3S. The molecule has 0 heterocycles. The molecule has 0 spiro atoms. The minimum Gasteiger partial charge on any atom is -0.462 e. The molecule has 0 saturated heterocycles. The molecule has 2 unspecified atom stereocenters. The third kappa shape index (κ3) is 27.7. The summed E-state index contributed by atoms with van der Waals surface area (Å²) in [5.74, 6) is 1.11. The van der Waals surface area contributed by atoms with Crippen molar-refractivity contribution in [3.8, 4) is 0 Å². The smallest absolute Gasteiger partial charge is 0.309 e. The summed E-state index contributed by atoms with van der Waals surface area (Å²) in [5, 5.41) is 0. The van der Waals surface area contributed by atoms with E-state index in [1.807, 2.05) is 0 Å². The molecule has 2 atom stereocenters. The van der Waals surface area contributed by atoms with Gasteiger partial charge >= 0.3 is 5.97 Å². The van der Waals surface area contributed by atoms with Gasteiger partial charge in [0.05, 0.1) is 5.92 Å². The summed E-state index contributed by atoms with van der Waals surface area (Å²) in [6.45, 7) is 6.80. The number of carbonyl (C=O) groups excluding carboxylic acids is 1. The van der Waals surface area contributed by atoms with Crippen molar-refractivity contribution in [2.45, 2.75) is 207 Å². The number of esters is 1. The summed E-state index contributed by atoms with van der Waals surface area (Å²) in [4.78, 5) is 13.4. The van der Waals surface area contributed by atoms with Crippen LogP contribution in [-0.4, -0.2) is 22.4 Å². The fourth-order valence-electron chi connectivity index (χ4n) is 5.64. The van der Waals surface area contributed by atoms with Crippen molar-refractivity contribution >= 4 is 18.0 Å². The van der Waals surface area contributed by atoms with Gasteiger partial charge in [0.2, 0.25) is 0 Å². The first-order valence-electron chi connectivity index (χ1n) is 17.7. The van der Waals surface area contributed by atoms with Gasteiger partial charge in [-0.1, -0.05) is 156 Å². The van der Waals surface area contributed by atoms with Gasteiger partial charge < -0.3 is 9.29 Å². The summed E-state index contributed by atoms with van der Waals surface area (Å²) in [5.41, 5.74) is 0. The van der Waals surface area contributed by atoms with E-state index in [0.29, 0.717) is 0 Å². The number of unbranched alkanes of at least 4 members (excludes halogenated alkanes) is 20. The van der Waals surface area contributed by atoms with Gasteiger partial charge in [-0.3, -0.25) is 4.79 Å². The van der Waals surface area contributed by atoms with Crippen molar-refractivity contribution in [1.82, 2.24) is 0 Å². The van der Waals surface area contributed by atoms with Gasteiger partial charge in [-0.15, -0.1) is 0 Å². The van der Waals surface area contributed by atoms with Gasteiger partial charge in [0, 0.05) is 5.75 Å². The summed E-state index contributed by atoms with van der Waals surface area (Å²) in [6.07, 6.45) is 34.8. The lowest BCUT2D eigenvalue weighted by Gasteiger charge is -2.22. The molecule has 3 nitrogen and oxygen atoms in total. The summed E-state index contributed by atoms with van der Waals surface area (Å²) in [6, 6.07) is 0. The zero-order valence-corrected chi connectivity index (χ0v) is 27.6. The van der Waals surface area contributed by atoms with E-state index >= 15 is 0 Å². The standard InChI is InChI=1S/C35H70O3S/c1-4-7-10-13-19-24-29-33(28-23-12-9-6-3)35(36)38-34(30-25-20-14-11-8-5-2)31-26-21-17-15-16-18-22-27-32-39-37/h33-34,37H,4-32H2,1-3H3. The molecule has 0 aromatic heterocycles. The lowest BCUT2D eigenvalue weighted by molar-refractivity contribution is -0.155. The molecule has 0 rings (SSSR count). The second-order valence-corrected chi connectivity index (χ2v) is 12.8. The molecule has 0 aliphatic rings. The third-order valence-corrected chi connectivity index (χ3v) is 8.79. The Morgan fingerprint density at radius 1 is 0.513 bits per heavy atom. The Morgan fingerprint density at radius 3 is 1.26 bits per heavy atom. The number of hydrogen-bond acceptors (Lipinski definition) is 4. The lowest BCUT2D eigenvalue weighted by Crippen LogP contribution is -2.25. The van der Waals surface area contributed by atoms with Crippen LogP contribution in [0.3, 0.4) is 0 Å². The maximum Gasteiger partial charge on any atom is 0.309 e. The molecule has 0 radical (unpaired) electrons. The van der Waals surface area contributed by atoms with Crippen LogP contribution in [0.5, 0.6) is 0 Å². The summed E-state index contributed by atoms with van der Waals surface area (Å²) in [7, 11) is 0. The minimum absolute atomic E-state index is 0.115. The Bertz CT molecular complexity index is 485. The van der Waals surface area contributed by atoms with E-state index in [9.17, 15) is 4.79 Å². The molecular weight excluding hydrogens is 500 g/mol. The average Bonchev–Trinajstić information content (AvgIpc) is 2.94. The van der Waals surface area contributed by atoms with E-state index in [1.54, 1.807) is 0 Å². The van der Waals surface area contributed by atoms with E-state index in [4.69, 9.17) is 9.29 Å². The SMILES string of the molecule is CCCCCCCCC(CCCCCCCCCCSO)OC(=O)C(CCCCCC)CCCCCCCC. The van der Waals surface area contributed by atoms with Crippen LogP contribution in [0.1, 0.15) is 201 Å². The molecule has 0 saturated carbocycles. The van der Waals surface area contributed by atoms with E-state index in [-0.39, 0.29) is 18.0 Å². The fraction of sp³-hybridized carbons (Fsp3) is 0.971. The zero-order valence-electron chi connectivity index (χ0n) is 26.8. The van der Waals surface area contributed by atoms with Gasteiger partial charge in [0.15, 0.2) is 0 Å². The zero-order chi connectivity index (χ0) is 28.7. The molecule has 0 amide bonds. The summed E-state index contributed by atoms with van der Waals surface area (Å²) >= 11 is 0.972. The Kier molecular flexibility index (Phi) is 32.1. The largest absolute Gasteiger partial charge is 0.462 e. The van der Waals surface area contributed by atoms with Crippen molar-refractivity contribution in [3.63, 3.8) is 0 Å². The van der Waals surface area contributed by atoms with Crippen LogP contribution in [0.4, 0.5) is 0 Å². The highest BCUT2D eigenvalue weighted by Crippen LogP contribution is 2.24. The van der Waals surface area contributed by atoms with Gasteiger partial charge in [-0.05, 0) is 57.0 Å². The third-order valence-electron chi connectivity index (χ3n) is 8.32. The second-order valence-electron chi connectivity index (χ2n) is 12.2. The van der Waals surface area contributed by atoms with Crippen molar-refractivity contribution in [2.24, 2.45) is 5.92 Å². The van der Waals surface area contributed by atoms with Gasteiger partial charge in [-0.25, -0.2) is 0 Å². The Balaban J connectivity index is 4.62. The van der Waals surface area contributed by atoms with E-state index in [0.717, 1.165) is 49.9 Å². The molecule has 0 fully saturated rings. The van der Waals surface area contributed by atoms with E-state index < -0.39 is 0 Å². The molecule has 39 heavy (non-hydrogen) atoms. The van der Waals surface area contributed by atoms with Gasteiger partial charge in [-0.2, -0.15) is 0 Å². The minimum atomic E-state index is 0.115. The van der Waals surface area contributed by atoms with Crippen molar-refractivity contribution in [2.75, 3.05) is 5.75 Å². The Morgan fingerprint density at radius 2 is 0.846 bits per heavy atom. The topological polar surface area (TPSA) is 46.5 Å². The quantitative estimate of drug-likeness (QED) is 0.0496. The highest BCUT2D eigenvalue weighted by atomic mass is 32.2. The first-order chi connectivity index (χ1) is 19.2. The summed E-state index contributed by atoms with van der Waals surface area (Å²) < 4.78 is 15.1. The molecule has 0 aromatic carbocycles. The molecule has 0 bridgehead atoms. The Labute approximate surface area is 250 Å². The van der Waals surface area contributed by atoms with Gasteiger partial charge in [0.25, 0.3) is 0 Å². The maximum atomic E-state index is 13.4. The molecule has 0 aliphatic carbocycles. The molecule has 4 heteroatoms. The van der Waals surface area contributed by atoms with Crippen molar-refractivity contribution in [3.05, 3.63) is 0 Å². The van der Waals surface area contributed by atoms with Gasteiger partial charge in [0.1, 0.15) is 6.10 Å². The van der Waals surface area contributed by atoms with Crippen LogP contribution in [0.2, 0.25) is 0 Å². The predicted octanol–water partition coefficient (Wildman–Crippen LogP) is 12.7. The van der Waals surface area contributed by atoms with Crippen LogP contribution < -0.4 is 0 Å². The normalized spacial score (nSPS) is 13.0. The van der Waals surface area contributed by atoms with Crippen molar-refractivity contribution in [1.29, 1.82) is 0 Å². The van der Waals surface area contributed by atoms with E-state index in [1.165, 1.54) is 148 Å². The first-order valence-corrected chi connectivity index (χ1v) is 18.6. The molecule has 1 N–H and O–H groups in total. The van der Waals surface area contributed by atoms with Crippen LogP contribution in [0.25, 0.3) is 0 Å². The van der Waals surface area contributed by atoms with Crippen LogP contribution in [-0.2, 0) is 9.53 Å². The number of hydrogen-bond donors (Lipinski definition) is 1. The molecule has 234 valence electrons. The number of ether oxygens (including phenoxy) is 1. The fourth-order valence-corrected chi connectivity index (χ4v) is 5.98. The lowest BCUT2D eigenvalue weighted by atomic mass is 9.94. The first kappa shape index (κ1) is 38.8. The monoisotopic (exact) mass is 571 g/mol. The second kappa shape index (κ2) is 32.3. The van der Waals surface area contributed by atoms with Crippen LogP contribution in [0.15, 0.2) is 0 Å². The highest BCUT2D eigenvalue weighted by molar-refractivity contribution is 7.93. The maximum absolute atomic E-state index is 13.4. The highest BCUT2D eigenvalue weighted by Gasteiger charge is 2.23.